The Morgan fingerprint density at radius 1 is 0.451 bits per heavy atom. The molecule has 242 valence electrons. The monoisotopic (exact) mass is 656 g/mol. The molecular formula is C47H32N2O2. The first kappa shape index (κ1) is 29.4. The molecule has 51 heavy (non-hydrogen) atoms. The lowest BCUT2D eigenvalue weighted by atomic mass is 9.82. The molecule has 1 aliphatic carbocycles. The summed E-state index contributed by atoms with van der Waals surface area (Å²) in [6.07, 6.45) is 0. The molecule has 2 aliphatic rings. The van der Waals surface area contributed by atoms with Crippen LogP contribution in [0.25, 0.3) is 66.9 Å². The van der Waals surface area contributed by atoms with Gasteiger partial charge >= 0.3 is 0 Å². The number of nitrogens with zero attached hydrogens (tertiary/aromatic N) is 2. The summed E-state index contributed by atoms with van der Waals surface area (Å²) < 4.78 is 13.2. The lowest BCUT2D eigenvalue weighted by molar-refractivity contribution is 0.360. The minimum atomic E-state index is -0.116. The van der Waals surface area contributed by atoms with E-state index in [1.165, 1.54) is 22.1 Å². The van der Waals surface area contributed by atoms with E-state index in [1.54, 1.807) is 0 Å². The molecule has 0 spiro atoms. The summed E-state index contributed by atoms with van der Waals surface area (Å²) in [5, 5.41) is 2.35. The summed E-state index contributed by atoms with van der Waals surface area (Å²) in [5.41, 5.74) is 11.7. The normalized spacial score (nSPS) is 13.4. The average Bonchev–Trinajstić information content (AvgIpc) is 3.43. The van der Waals surface area contributed by atoms with Crippen molar-refractivity contribution in [3.05, 3.63) is 169 Å². The Morgan fingerprint density at radius 2 is 1.14 bits per heavy atom. The van der Waals surface area contributed by atoms with Crippen LogP contribution in [0.1, 0.15) is 25.0 Å². The number of rotatable bonds is 4. The summed E-state index contributed by atoms with van der Waals surface area (Å²) in [6, 6.07) is 54.7. The van der Waals surface area contributed by atoms with Gasteiger partial charge in [0.25, 0.3) is 0 Å². The largest absolute Gasteiger partial charge is 0.449 e. The zero-order chi connectivity index (χ0) is 34.1. The van der Waals surface area contributed by atoms with Crippen LogP contribution in [0, 0.1) is 0 Å². The summed E-state index contributed by atoms with van der Waals surface area (Å²) in [7, 11) is 0. The maximum Gasteiger partial charge on any atom is 0.178 e. The van der Waals surface area contributed by atoms with Crippen molar-refractivity contribution in [2.75, 3.05) is 0 Å². The van der Waals surface area contributed by atoms with Crippen LogP contribution < -0.4 is 9.47 Å². The lowest BCUT2D eigenvalue weighted by Gasteiger charge is -2.25. The molecule has 8 aromatic rings. The second-order valence-corrected chi connectivity index (χ2v) is 13.8. The standard InChI is InChI=1S/C47H32N2O2/c1-47(2)37-18-9-8-16-36(37)44-38(47)24-26-42-45(44)51-43-27-33(23-25-41(43)50-42)29-19-21-31(22-20-29)39-28-40(49-46(48-39)32-12-4-3-5-13-32)35-17-10-14-30-11-6-7-15-34(30)35/h3-28H,1-2H3. The number of aromatic nitrogens is 2. The Hall–Kier alpha value is -6.52. The number of hydrogen-bond acceptors (Lipinski definition) is 4. The second-order valence-electron chi connectivity index (χ2n) is 13.8. The van der Waals surface area contributed by atoms with Gasteiger partial charge in [0.2, 0.25) is 0 Å². The maximum atomic E-state index is 6.72. The third-order valence-electron chi connectivity index (χ3n) is 10.4. The summed E-state index contributed by atoms with van der Waals surface area (Å²) in [6.45, 7) is 4.55. The molecule has 0 atom stereocenters. The van der Waals surface area contributed by atoms with E-state index in [2.05, 4.69) is 141 Å². The molecule has 0 saturated carbocycles. The van der Waals surface area contributed by atoms with Crippen molar-refractivity contribution in [2.45, 2.75) is 19.3 Å². The van der Waals surface area contributed by atoms with E-state index in [0.717, 1.165) is 61.7 Å². The van der Waals surface area contributed by atoms with Gasteiger partial charge in [-0.1, -0.05) is 147 Å². The van der Waals surface area contributed by atoms with E-state index in [1.807, 2.05) is 30.3 Å². The number of benzene rings is 7. The Balaban J connectivity index is 1.01. The lowest BCUT2D eigenvalue weighted by Crippen LogP contribution is -2.15. The van der Waals surface area contributed by atoms with Crippen LogP contribution in [0.5, 0.6) is 23.0 Å². The van der Waals surface area contributed by atoms with Crippen molar-refractivity contribution in [3.63, 3.8) is 0 Å². The molecule has 7 aromatic carbocycles. The summed E-state index contributed by atoms with van der Waals surface area (Å²) in [5.74, 6) is 3.65. The Labute approximate surface area is 296 Å². The number of ether oxygens (including phenoxy) is 2. The predicted molar refractivity (Wildman–Crippen MR) is 205 cm³/mol. The van der Waals surface area contributed by atoms with E-state index >= 15 is 0 Å². The van der Waals surface area contributed by atoms with Crippen LogP contribution in [0.3, 0.4) is 0 Å². The zero-order valence-electron chi connectivity index (χ0n) is 28.2. The third kappa shape index (κ3) is 4.75. The van der Waals surface area contributed by atoms with Crippen molar-refractivity contribution < 1.29 is 9.47 Å². The van der Waals surface area contributed by atoms with Crippen LogP contribution in [0.4, 0.5) is 0 Å². The zero-order valence-corrected chi connectivity index (χ0v) is 28.2. The van der Waals surface area contributed by atoms with Crippen molar-refractivity contribution >= 4 is 10.8 Å². The molecule has 1 aliphatic heterocycles. The molecule has 1 aromatic heterocycles. The predicted octanol–water partition coefficient (Wildman–Crippen LogP) is 12.5. The van der Waals surface area contributed by atoms with Gasteiger partial charge in [-0.15, -0.1) is 0 Å². The van der Waals surface area contributed by atoms with Crippen molar-refractivity contribution in [3.8, 4) is 79.2 Å². The molecule has 4 nitrogen and oxygen atoms in total. The fourth-order valence-electron chi connectivity index (χ4n) is 7.74. The topological polar surface area (TPSA) is 44.2 Å². The van der Waals surface area contributed by atoms with Crippen molar-refractivity contribution in [1.29, 1.82) is 0 Å². The van der Waals surface area contributed by atoms with Gasteiger partial charge in [-0.25, -0.2) is 9.97 Å². The SMILES string of the molecule is CC1(C)c2ccccc2-c2c1ccc1c2Oc2cc(-c3ccc(-c4cc(-c5cccc6ccccc56)nc(-c5ccccc5)n4)cc3)ccc2O1. The first-order chi connectivity index (χ1) is 25.0. The van der Waals surface area contributed by atoms with Crippen LogP contribution in [0.2, 0.25) is 0 Å². The molecule has 0 radical (unpaired) electrons. The highest BCUT2D eigenvalue weighted by Gasteiger charge is 2.39. The van der Waals surface area contributed by atoms with Crippen LogP contribution in [0.15, 0.2) is 158 Å². The highest BCUT2D eigenvalue weighted by Crippen LogP contribution is 2.58. The Kier molecular flexibility index (Phi) is 6.49. The summed E-state index contributed by atoms with van der Waals surface area (Å²) >= 11 is 0. The Bertz CT molecular complexity index is 2660. The Morgan fingerprint density at radius 3 is 2.02 bits per heavy atom. The third-order valence-corrected chi connectivity index (χ3v) is 10.4. The van der Waals surface area contributed by atoms with E-state index in [4.69, 9.17) is 19.4 Å². The van der Waals surface area contributed by atoms with Crippen molar-refractivity contribution in [2.24, 2.45) is 0 Å². The molecular weight excluding hydrogens is 625 g/mol. The molecule has 0 N–H and O–H groups in total. The molecule has 4 heteroatoms. The highest BCUT2D eigenvalue weighted by molar-refractivity contribution is 5.96. The molecule has 0 bridgehead atoms. The van der Waals surface area contributed by atoms with E-state index in [-0.39, 0.29) is 5.41 Å². The smallest absolute Gasteiger partial charge is 0.178 e. The number of hydrogen-bond donors (Lipinski definition) is 0. The van der Waals surface area contributed by atoms with E-state index in [0.29, 0.717) is 17.3 Å². The first-order valence-corrected chi connectivity index (χ1v) is 17.3. The fraction of sp³-hybridized carbons (Fsp3) is 0.0638. The molecule has 0 fully saturated rings. The van der Waals surface area contributed by atoms with Gasteiger partial charge in [-0.3, -0.25) is 0 Å². The minimum absolute atomic E-state index is 0.116. The van der Waals surface area contributed by atoms with E-state index in [9.17, 15) is 0 Å². The maximum absolute atomic E-state index is 6.72. The van der Waals surface area contributed by atoms with Gasteiger partial charge in [0.15, 0.2) is 28.8 Å². The van der Waals surface area contributed by atoms with Crippen LogP contribution in [-0.4, -0.2) is 9.97 Å². The number of fused-ring (bicyclic) bond motifs is 7. The van der Waals surface area contributed by atoms with Crippen LogP contribution >= 0.6 is 0 Å². The van der Waals surface area contributed by atoms with Gasteiger partial charge in [-0.2, -0.15) is 0 Å². The fourth-order valence-corrected chi connectivity index (χ4v) is 7.74. The molecule has 0 amide bonds. The molecule has 0 saturated heterocycles. The molecule has 10 rings (SSSR count). The summed E-state index contributed by atoms with van der Waals surface area (Å²) in [4.78, 5) is 10.1. The van der Waals surface area contributed by atoms with Crippen LogP contribution in [-0.2, 0) is 5.41 Å². The van der Waals surface area contributed by atoms with Gasteiger partial charge < -0.3 is 9.47 Å². The molecule has 2 heterocycles. The first-order valence-electron chi connectivity index (χ1n) is 17.3. The van der Waals surface area contributed by atoms with Gasteiger partial charge in [-0.05, 0) is 62.9 Å². The van der Waals surface area contributed by atoms with Crippen molar-refractivity contribution in [1.82, 2.24) is 9.97 Å². The minimum Gasteiger partial charge on any atom is -0.449 e. The van der Waals surface area contributed by atoms with Gasteiger partial charge in [0.05, 0.1) is 11.4 Å². The molecule has 0 unspecified atom stereocenters. The quantitative estimate of drug-likeness (QED) is 0.189. The highest BCUT2D eigenvalue weighted by atomic mass is 16.6. The average molecular weight is 657 g/mol. The second kappa shape index (κ2) is 11.3. The van der Waals surface area contributed by atoms with Gasteiger partial charge in [0.1, 0.15) is 0 Å². The van der Waals surface area contributed by atoms with Gasteiger partial charge in [0, 0.05) is 27.7 Å². The van der Waals surface area contributed by atoms with E-state index < -0.39 is 0 Å².